The van der Waals surface area contributed by atoms with E-state index in [1.807, 2.05) is 13.0 Å². The van der Waals surface area contributed by atoms with Gasteiger partial charge in [0.2, 0.25) is 0 Å². The molecule has 0 aliphatic carbocycles. The highest BCUT2D eigenvalue weighted by Crippen LogP contribution is 2.31. The quantitative estimate of drug-likeness (QED) is 0.781. The molecule has 0 radical (unpaired) electrons. The number of nitrogens with zero attached hydrogens (tertiary/aromatic N) is 1. The van der Waals surface area contributed by atoms with Crippen molar-refractivity contribution in [2.45, 2.75) is 59.0 Å². The molecule has 18 heavy (non-hydrogen) atoms. The third-order valence-electron chi connectivity index (χ3n) is 3.38. The lowest BCUT2D eigenvalue weighted by Gasteiger charge is -2.31. The Morgan fingerprint density at radius 1 is 1.33 bits per heavy atom. The van der Waals surface area contributed by atoms with Crippen LogP contribution in [0.15, 0.2) is 6.07 Å². The van der Waals surface area contributed by atoms with Gasteiger partial charge in [0.1, 0.15) is 16.1 Å². The van der Waals surface area contributed by atoms with Gasteiger partial charge in [-0.25, -0.2) is 4.98 Å². The van der Waals surface area contributed by atoms with E-state index in [9.17, 15) is 0 Å². The van der Waals surface area contributed by atoms with Crippen LogP contribution in [0.5, 0.6) is 0 Å². The molecule has 4 heteroatoms. The molecule has 0 fully saturated rings. The van der Waals surface area contributed by atoms with E-state index < -0.39 is 0 Å². The highest BCUT2D eigenvalue weighted by atomic mass is 32.1. The molecule has 1 N–H and O–H groups in total. The zero-order chi connectivity index (χ0) is 13.8. The number of aromatic nitrogens is 2. The molecular formula is C14H24N2OS. The Balaban J connectivity index is 3.32. The van der Waals surface area contributed by atoms with Gasteiger partial charge in [0, 0.05) is 12.3 Å². The maximum atomic E-state index is 5.96. The van der Waals surface area contributed by atoms with Crippen LogP contribution in [0.2, 0.25) is 0 Å². The van der Waals surface area contributed by atoms with E-state index in [1.54, 1.807) is 0 Å². The van der Waals surface area contributed by atoms with Crippen molar-refractivity contribution in [2.24, 2.45) is 0 Å². The first-order valence-corrected chi connectivity index (χ1v) is 7.15. The number of H-pyrrole nitrogens is 1. The van der Waals surface area contributed by atoms with E-state index in [0.29, 0.717) is 17.2 Å². The molecule has 0 aliphatic rings. The van der Waals surface area contributed by atoms with E-state index in [1.165, 1.54) is 0 Å². The predicted octanol–water partition coefficient (Wildman–Crippen LogP) is 4.31. The molecule has 0 aliphatic heterocycles. The number of aromatic amines is 1. The third kappa shape index (κ3) is 3.18. The van der Waals surface area contributed by atoms with E-state index >= 15 is 0 Å². The standard InChI is InChI=1S/C14H24N2OS/c1-6-14(7-2,17-8-3)13-15-11(10(4)5)9-12(18)16-13/h9-10H,6-8H2,1-5H3,(H,15,16,18). The molecular weight excluding hydrogens is 244 g/mol. The van der Waals surface area contributed by atoms with Crippen molar-refractivity contribution >= 4 is 12.2 Å². The van der Waals surface area contributed by atoms with Gasteiger partial charge < -0.3 is 9.72 Å². The smallest absolute Gasteiger partial charge is 0.140 e. The summed E-state index contributed by atoms with van der Waals surface area (Å²) < 4.78 is 6.60. The molecule has 0 atom stereocenters. The number of rotatable bonds is 6. The van der Waals surface area contributed by atoms with Gasteiger partial charge in [-0.1, -0.05) is 39.9 Å². The number of ether oxygens (including phenoxy) is 1. The van der Waals surface area contributed by atoms with Crippen LogP contribution < -0.4 is 0 Å². The van der Waals surface area contributed by atoms with Crippen LogP contribution in [0.1, 0.15) is 64.9 Å². The fourth-order valence-corrected chi connectivity index (χ4v) is 2.35. The van der Waals surface area contributed by atoms with Gasteiger partial charge >= 0.3 is 0 Å². The van der Waals surface area contributed by atoms with Gasteiger partial charge in [0.05, 0.1) is 0 Å². The van der Waals surface area contributed by atoms with Crippen LogP contribution in [-0.2, 0) is 10.3 Å². The van der Waals surface area contributed by atoms with Crippen LogP contribution >= 0.6 is 12.2 Å². The minimum atomic E-state index is -0.340. The topological polar surface area (TPSA) is 37.9 Å². The molecule has 102 valence electrons. The fraction of sp³-hybridized carbons (Fsp3) is 0.714. The Kier molecular flexibility index (Phi) is 5.47. The summed E-state index contributed by atoms with van der Waals surface area (Å²) in [6, 6.07) is 1.94. The average Bonchev–Trinajstić information content (AvgIpc) is 2.35. The van der Waals surface area contributed by atoms with Gasteiger partial charge in [-0.05, 0) is 31.7 Å². The van der Waals surface area contributed by atoms with Crippen molar-refractivity contribution < 1.29 is 4.74 Å². The van der Waals surface area contributed by atoms with Crippen molar-refractivity contribution in [3.63, 3.8) is 0 Å². The molecule has 1 rings (SSSR count). The zero-order valence-electron chi connectivity index (χ0n) is 12.0. The van der Waals surface area contributed by atoms with Gasteiger partial charge in [-0.3, -0.25) is 0 Å². The average molecular weight is 268 g/mol. The van der Waals surface area contributed by atoms with Crippen LogP contribution in [-0.4, -0.2) is 16.6 Å². The Hall–Kier alpha value is -0.740. The molecule has 0 spiro atoms. The lowest BCUT2D eigenvalue weighted by molar-refractivity contribution is -0.0573. The monoisotopic (exact) mass is 268 g/mol. The number of nitrogens with one attached hydrogen (secondary N) is 1. The Bertz CT molecular complexity index is 436. The van der Waals surface area contributed by atoms with Crippen LogP contribution in [0, 0.1) is 4.64 Å². The largest absolute Gasteiger partial charge is 0.367 e. The second-order valence-corrected chi connectivity index (χ2v) is 5.23. The summed E-state index contributed by atoms with van der Waals surface area (Å²) in [5, 5.41) is 0. The molecule has 1 aromatic heterocycles. The Morgan fingerprint density at radius 2 is 1.94 bits per heavy atom. The summed E-state index contributed by atoms with van der Waals surface area (Å²) in [6.45, 7) is 11.2. The summed E-state index contributed by atoms with van der Waals surface area (Å²) in [6.07, 6.45) is 1.77. The minimum Gasteiger partial charge on any atom is -0.367 e. The Morgan fingerprint density at radius 3 is 2.39 bits per heavy atom. The normalized spacial score (nSPS) is 12.1. The molecule has 0 saturated heterocycles. The maximum Gasteiger partial charge on any atom is 0.140 e. The maximum absolute atomic E-state index is 5.96. The van der Waals surface area contributed by atoms with Gasteiger partial charge in [-0.15, -0.1) is 0 Å². The molecule has 1 heterocycles. The SMILES string of the molecule is CCOC(CC)(CC)c1nc(=S)cc(C(C)C)[nH]1. The molecule has 0 aromatic carbocycles. The number of hydrogen-bond acceptors (Lipinski definition) is 3. The van der Waals surface area contributed by atoms with E-state index in [-0.39, 0.29) is 5.60 Å². The van der Waals surface area contributed by atoms with Crippen LogP contribution in [0.25, 0.3) is 0 Å². The second kappa shape index (κ2) is 6.43. The highest BCUT2D eigenvalue weighted by Gasteiger charge is 2.31. The fourth-order valence-electron chi connectivity index (χ4n) is 2.14. The second-order valence-electron chi connectivity index (χ2n) is 4.81. The molecule has 0 saturated carbocycles. The predicted molar refractivity (Wildman–Crippen MR) is 77.4 cm³/mol. The Labute approximate surface area is 115 Å². The van der Waals surface area contributed by atoms with Crippen molar-refractivity contribution in [1.29, 1.82) is 0 Å². The van der Waals surface area contributed by atoms with E-state index in [4.69, 9.17) is 17.0 Å². The zero-order valence-corrected chi connectivity index (χ0v) is 12.9. The summed E-state index contributed by atoms with van der Waals surface area (Å²) in [7, 11) is 0. The summed E-state index contributed by atoms with van der Waals surface area (Å²) in [5.41, 5.74) is 0.781. The van der Waals surface area contributed by atoms with Gasteiger partial charge in [0.25, 0.3) is 0 Å². The highest BCUT2D eigenvalue weighted by molar-refractivity contribution is 7.71. The van der Waals surface area contributed by atoms with Crippen molar-refractivity contribution in [3.05, 3.63) is 22.2 Å². The van der Waals surface area contributed by atoms with Crippen molar-refractivity contribution in [3.8, 4) is 0 Å². The third-order valence-corrected chi connectivity index (χ3v) is 3.59. The lowest BCUT2D eigenvalue weighted by Crippen LogP contribution is -2.31. The van der Waals surface area contributed by atoms with Crippen LogP contribution in [0.4, 0.5) is 0 Å². The first kappa shape index (κ1) is 15.3. The number of hydrogen-bond donors (Lipinski definition) is 1. The molecule has 1 aromatic rings. The summed E-state index contributed by atoms with van der Waals surface area (Å²) >= 11 is 5.27. The molecule has 0 unspecified atom stereocenters. The van der Waals surface area contributed by atoms with Gasteiger partial charge in [0.15, 0.2) is 0 Å². The first-order chi connectivity index (χ1) is 8.49. The van der Waals surface area contributed by atoms with E-state index in [2.05, 4.69) is 37.7 Å². The first-order valence-electron chi connectivity index (χ1n) is 6.74. The van der Waals surface area contributed by atoms with E-state index in [0.717, 1.165) is 24.4 Å². The summed E-state index contributed by atoms with van der Waals surface area (Å²) in [4.78, 5) is 7.89. The molecule has 0 amide bonds. The van der Waals surface area contributed by atoms with Crippen molar-refractivity contribution in [2.75, 3.05) is 6.61 Å². The summed E-state index contributed by atoms with van der Waals surface area (Å²) in [5.74, 6) is 1.27. The molecule has 0 bridgehead atoms. The molecule has 3 nitrogen and oxygen atoms in total. The van der Waals surface area contributed by atoms with Gasteiger partial charge in [-0.2, -0.15) is 0 Å². The van der Waals surface area contributed by atoms with Crippen molar-refractivity contribution in [1.82, 2.24) is 9.97 Å². The van der Waals surface area contributed by atoms with Crippen LogP contribution in [0.3, 0.4) is 0 Å². The minimum absolute atomic E-state index is 0.340. The lowest BCUT2D eigenvalue weighted by atomic mass is 9.95.